The maximum Gasteiger partial charge on any atom is 0.0492 e. The fourth-order valence-electron chi connectivity index (χ4n) is 2.70. The van der Waals surface area contributed by atoms with Crippen LogP contribution in [0.3, 0.4) is 0 Å². The van der Waals surface area contributed by atoms with Crippen molar-refractivity contribution < 1.29 is 9.84 Å². The van der Waals surface area contributed by atoms with Crippen LogP contribution in [0.4, 0.5) is 0 Å². The van der Waals surface area contributed by atoms with Crippen LogP contribution in [0.5, 0.6) is 0 Å². The van der Waals surface area contributed by atoms with Gasteiger partial charge in [0.1, 0.15) is 0 Å². The monoisotopic (exact) mass is 170 g/mol. The highest BCUT2D eigenvalue weighted by Crippen LogP contribution is 2.59. The maximum absolute atomic E-state index is 9.34. The summed E-state index contributed by atoms with van der Waals surface area (Å²) < 4.78 is 5.32. The van der Waals surface area contributed by atoms with Gasteiger partial charge in [0.25, 0.3) is 0 Å². The van der Waals surface area contributed by atoms with E-state index in [0.717, 1.165) is 37.9 Å². The zero-order valence-corrected chi connectivity index (χ0v) is 7.75. The first-order chi connectivity index (χ1) is 5.79. The van der Waals surface area contributed by atoms with Crippen molar-refractivity contribution in [1.82, 2.24) is 0 Å². The zero-order valence-electron chi connectivity index (χ0n) is 7.75. The van der Waals surface area contributed by atoms with Crippen molar-refractivity contribution >= 4 is 0 Å². The molecule has 2 unspecified atom stereocenters. The highest BCUT2D eigenvalue weighted by Gasteiger charge is 2.55. The summed E-state index contributed by atoms with van der Waals surface area (Å²) in [4.78, 5) is 0. The van der Waals surface area contributed by atoms with Gasteiger partial charge >= 0.3 is 0 Å². The fourth-order valence-corrected chi connectivity index (χ4v) is 2.70. The van der Waals surface area contributed by atoms with E-state index in [0.29, 0.717) is 12.0 Å². The van der Waals surface area contributed by atoms with E-state index in [1.807, 2.05) is 0 Å². The third kappa shape index (κ3) is 1.17. The molecule has 0 aromatic rings. The van der Waals surface area contributed by atoms with Gasteiger partial charge in [-0.15, -0.1) is 0 Å². The third-order valence-corrected chi connectivity index (χ3v) is 3.84. The predicted octanol–water partition coefficient (Wildman–Crippen LogP) is 1.43. The number of aliphatic hydroxyl groups is 1. The van der Waals surface area contributed by atoms with Gasteiger partial charge in [-0.3, -0.25) is 0 Å². The molecule has 2 rings (SSSR count). The smallest absolute Gasteiger partial charge is 0.0492 e. The lowest BCUT2D eigenvalue weighted by molar-refractivity contribution is 0.0205. The summed E-state index contributed by atoms with van der Waals surface area (Å²) in [5.74, 6) is 1.47. The Balaban J connectivity index is 1.97. The molecule has 2 aliphatic rings. The van der Waals surface area contributed by atoms with Crippen molar-refractivity contribution in [3.05, 3.63) is 0 Å². The summed E-state index contributed by atoms with van der Waals surface area (Å²) in [5.41, 5.74) is 0.295. The summed E-state index contributed by atoms with van der Waals surface area (Å²) in [5, 5.41) is 9.34. The quantitative estimate of drug-likeness (QED) is 0.679. The molecule has 1 saturated carbocycles. The molecule has 1 saturated heterocycles. The Hall–Kier alpha value is -0.0800. The average molecular weight is 170 g/mol. The molecule has 0 aromatic heterocycles. The summed E-state index contributed by atoms with van der Waals surface area (Å²) in [7, 11) is 0. The maximum atomic E-state index is 9.34. The minimum Gasteiger partial charge on any atom is -0.396 e. The average Bonchev–Trinajstić information content (AvgIpc) is 2.80. The van der Waals surface area contributed by atoms with Crippen LogP contribution in [-0.2, 0) is 4.74 Å². The summed E-state index contributed by atoms with van der Waals surface area (Å²) in [6.07, 6.45) is 3.55. The first-order valence-corrected chi connectivity index (χ1v) is 4.98. The van der Waals surface area contributed by atoms with Gasteiger partial charge in [-0.2, -0.15) is 0 Å². The highest BCUT2D eigenvalue weighted by atomic mass is 16.5. The third-order valence-electron chi connectivity index (χ3n) is 3.84. The van der Waals surface area contributed by atoms with E-state index in [2.05, 4.69) is 6.92 Å². The van der Waals surface area contributed by atoms with Crippen molar-refractivity contribution in [3.63, 3.8) is 0 Å². The van der Waals surface area contributed by atoms with Gasteiger partial charge in [0, 0.05) is 19.8 Å². The minimum absolute atomic E-state index is 0.295. The van der Waals surface area contributed by atoms with E-state index in [1.165, 1.54) is 6.42 Å². The second-order valence-electron chi connectivity index (χ2n) is 4.38. The van der Waals surface area contributed by atoms with E-state index in [4.69, 9.17) is 4.74 Å². The molecule has 1 N–H and O–H groups in total. The molecule has 1 aliphatic carbocycles. The van der Waals surface area contributed by atoms with Crippen LogP contribution >= 0.6 is 0 Å². The van der Waals surface area contributed by atoms with Gasteiger partial charge < -0.3 is 9.84 Å². The first-order valence-electron chi connectivity index (χ1n) is 4.98. The Labute approximate surface area is 73.9 Å². The van der Waals surface area contributed by atoms with E-state index < -0.39 is 0 Å². The summed E-state index contributed by atoms with van der Waals surface area (Å²) >= 11 is 0. The molecule has 12 heavy (non-hydrogen) atoms. The Morgan fingerprint density at radius 2 is 2.00 bits per heavy atom. The molecule has 0 bridgehead atoms. The molecule has 1 aliphatic heterocycles. The van der Waals surface area contributed by atoms with Gasteiger partial charge in [0.15, 0.2) is 0 Å². The largest absolute Gasteiger partial charge is 0.396 e. The summed E-state index contributed by atoms with van der Waals surface area (Å²) in [6.45, 7) is 4.45. The minimum atomic E-state index is 0.295. The Morgan fingerprint density at radius 3 is 2.42 bits per heavy atom. The molecule has 0 radical (unpaired) electrons. The van der Waals surface area contributed by atoms with Crippen LogP contribution in [0.25, 0.3) is 0 Å². The molecule has 0 spiro atoms. The lowest BCUT2D eigenvalue weighted by Gasteiger charge is -2.29. The van der Waals surface area contributed by atoms with Gasteiger partial charge in [0.05, 0.1) is 0 Å². The SMILES string of the molecule is CC1CC1(CO)C1CCOCC1. The van der Waals surface area contributed by atoms with Crippen LogP contribution in [-0.4, -0.2) is 24.9 Å². The molecule has 0 aromatic carbocycles. The van der Waals surface area contributed by atoms with E-state index in [9.17, 15) is 5.11 Å². The van der Waals surface area contributed by atoms with Gasteiger partial charge in [-0.05, 0) is 36.5 Å². The molecular weight excluding hydrogens is 152 g/mol. The second kappa shape index (κ2) is 3.00. The Morgan fingerprint density at radius 1 is 1.42 bits per heavy atom. The zero-order chi connectivity index (χ0) is 8.60. The van der Waals surface area contributed by atoms with Crippen LogP contribution in [0.15, 0.2) is 0 Å². The number of hydrogen-bond donors (Lipinski definition) is 1. The normalized spacial score (nSPS) is 43.0. The summed E-state index contributed by atoms with van der Waals surface area (Å²) in [6, 6.07) is 0. The van der Waals surface area contributed by atoms with Crippen molar-refractivity contribution in [3.8, 4) is 0 Å². The molecular formula is C10H18O2. The van der Waals surface area contributed by atoms with Crippen molar-refractivity contribution in [2.24, 2.45) is 17.3 Å². The number of aliphatic hydroxyl groups excluding tert-OH is 1. The molecule has 2 atom stereocenters. The van der Waals surface area contributed by atoms with Crippen LogP contribution in [0.2, 0.25) is 0 Å². The molecule has 70 valence electrons. The van der Waals surface area contributed by atoms with E-state index in [1.54, 1.807) is 0 Å². The van der Waals surface area contributed by atoms with Gasteiger partial charge in [0.2, 0.25) is 0 Å². The van der Waals surface area contributed by atoms with Crippen LogP contribution < -0.4 is 0 Å². The first kappa shape index (κ1) is 8.52. The standard InChI is InChI=1S/C10H18O2/c1-8-6-10(8,7-11)9-2-4-12-5-3-9/h8-9,11H,2-7H2,1H3. The van der Waals surface area contributed by atoms with Crippen molar-refractivity contribution in [2.75, 3.05) is 19.8 Å². The number of hydrogen-bond acceptors (Lipinski definition) is 2. The molecule has 2 heteroatoms. The highest BCUT2D eigenvalue weighted by molar-refractivity contribution is 5.04. The van der Waals surface area contributed by atoms with Crippen molar-refractivity contribution in [2.45, 2.75) is 26.2 Å². The molecule has 2 nitrogen and oxygen atoms in total. The van der Waals surface area contributed by atoms with Crippen LogP contribution in [0.1, 0.15) is 26.2 Å². The van der Waals surface area contributed by atoms with Gasteiger partial charge in [-0.1, -0.05) is 6.92 Å². The van der Waals surface area contributed by atoms with E-state index in [-0.39, 0.29) is 0 Å². The fraction of sp³-hybridized carbons (Fsp3) is 1.00. The number of ether oxygens (including phenoxy) is 1. The molecule has 1 heterocycles. The Bertz CT molecular complexity index is 159. The van der Waals surface area contributed by atoms with Crippen molar-refractivity contribution in [1.29, 1.82) is 0 Å². The lowest BCUT2D eigenvalue weighted by Crippen LogP contribution is -2.28. The molecule has 0 amide bonds. The number of rotatable bonds is 2. The van der Waals surface area contributed by atoms with E-state index >= 15 is 0 Å². The lowest BCUT2D eigenvalue weighted by atomic mass is 9.82. The second-order valence-corrected chi connectivity index (χ2v) is 4.38. The Kier molecular flexibility index (Phi) is 2.13. The molecule has 2 fully saturated rings. The topological polar surface area (TPSA) is 29.5 Å². The predicted molar refractivity (Wildman–Crippen MR) is 46.8 cm³/mol. The van der Waals surface area contributed by atoms with Crippen LogP contribution in [0, 0.1) is 17.3 Å². The van der Waals surface area contributed by atoms with Gasteiger partial charge in [-0.25, -0.2) is 0 Å².